The number of halogens is 3. The van der Waals surface area contributed by atoms with Crippen molar-refractivity contribution in [1.29, 1.82) is 0 Å². The van der Waals surface area contributed by atoms with E-state index in [1.807, 2.05) is 6.92 Å². The zero-order valence-corrected chi connectivity index (χ0v) is 13.0. The minimum absolute atomic E-state index is 0.0248. The maximum atomic E-state index is 12.5. The van der Waals surface area contributed by atoms with E-state index in [1.54, 1.807) is 0 Å². The second-order valence-corrected chi connectivity index (χ2v) is 5.69. The zero-order valence-electron chi connectivity index (χ0n) is 13.0. The molecule has 2 aromatic rings. The molecule has 0 aliphatic heterocycles. The number of aliphatic hydroxyl groups excluding tert-OH is 1. The number of fused-ring (bicyclic) bond motifs is 1. The van der Waals surface area contributed by atoms with Crippen molar-refractivity contribution < 1.29 is 23.1 Å². The number of H-pyrrole nitrogens is 1. The third-order valence-corrected chi connectivity index (χ3v) is 3.61. The van der Waals surface area contributed by atoms with Crippen LogP contribution < -0.4 is 11.0 Å². The van der Waals surface area contributed by atoms with Crippen LogP contribution in [0.25, 0.3) is 11.0 Å². The van der Waals surface area contributed by atoms with Gasteiger partial charge < -0.3 is 15.4 Å². The molecule has 0 saturated carbocycles. The number of nitrogens with zero attached hydrogens (tertiary/aromatic N) is 1. The molecule has 6 nitrogen and oxygen atoms in total. The maximum Gasteiger partial charge on any atom is 0.406 e. The van der Waals surface area contributed by atoms with Crippen molar-refractivity contribution in [3.8, 4) is 0 Å². The number of aromatic amines is 1. The van der Waals surface area contributed by atoms with Crippen molar-refractivity contribution in [3.05, 3.63) is 34.2 Å². The molecule has 132 valence electrons. The molecule has 1 aromatic carbocycles. The van der Waals surface area contributed by atoms with Gasteiger partial charge in [0.25, 0.3) is 5.91 Å². The molecule has 2 rings (SSSR count). The summed E-state index contributed by atoms with van der Waals surface area (Å²) in [5, 5.41) is 11.5. The Bertz CT molecular complexity index is 780. The van der Waals surface area contributed by atoms with Crippen LogP contribution in [-0.4, -0.2) is 39.9 Å². The van der Waals surface area contributed by atoms with Gasteiger partial charge >= 0.3 is 11.9 Å². The van der Waals surface area contributed by atoms with Crippen molar-refractivity contribution in [2.45, 2.75) is 26.1 Å². The average Bonchev–Trinajstić information content (AvgIpc) is 2.78. The molecule has 1 heterocycles. The predicted molar refractivity (Wildman–Crippen MR) is 81.8 cm³/mol. The number of carbonyl (C=O) groups excluding carboxylic acids is 1. The fourth-order valence-electron chi connectivity index (χ4n) is 2.33. The standard InChI is InChI=1S/C15H18F3N3O3/c1-9(4-5-22)7-19-13(23)10-2-3-12-11(6-10)20-14(24)21(12)8-15(16,17)18/h2-3,6,9,22H,4-5,7-8H2,1H3,(H,19,23)(H,20,24). The Morgan fingerprint density at radius 3 is 2.75 bits per heavy atom. The first-order valence-corrected chi connectivity index (χ1v) is 7.39. The second kappa shape index (κ2) is 7.08. The second-order valence-electron chi connectivity index (χ2n) is 5.69. The van der Waals surface area contributed by atoms with E-state index in [1.165, 1.54) is 18.2 Å². The Labute approximate surface area is 135 Å². The number of nitrogens with one attached hydrogen (secondary N) is 2. The van der Waals surface area contributed by atoms with Gasteiger partial charge in [0.15, 0.2) is 0 Å². The van der Waals surface area contributed by atoms with Crippen molar-refractivity contribution in [2.24, 2.45) is 5.92 Å². The highest BCUT2D eigenvalue weighted by Crippen LogP contribution is 2.20. The lowest BCUT2D eigenvalue weighted by atomic mass is 10.1. The van der Waals surface area contributed by atoms with E-state index in [4.69, 9.17) is 5.11 Å². The summed E-state index contributed by atoms with van der Waals surface area (Å²) in [6.45, 7) is 0.866. The summed E-state index contributed by atoms with van der Waals surface area (Å²) in [4.78, 5) is 26.1. The Kier molecular flexibility index (Phi) is 5.33. The molecular weight excluding hydrogens is 327 g/mol. The number of imidazole rings is 1. The predicted octanol–water partition coefficient (Wildman–Crippen LogP) is 1.64. The van der Waals surface area contributed by atoms with Gasteiger partial charge in [-0.15, -0.1) is 0 Å². The summed E-state index contributed by atoms with van der Waals surface area (Å²) in [7, 11) is 0. The monoisotopic (exact) mass is 345 g/mol. The fourth-order valence-corrected chi connectivity index (χ4v) is 2.33. The first-order chi connectivity index (χ1) is 11.2. The summed E-state index contributed by atoms with van der Waals surface area (Å²) in [6.07, 6.45) is -3.97. The lowest BCUT2D eigenvalue weighted by molar-refractivity contribution is -0.140. The van der Waals surface area contributed by atoms with Gasteiger partial charge in [-0.25, -0.2) is 4.79 Å². The molecule has 24 heavy (non-hydrogen) atoms. The molecule has 3 N–H and O–H groups in total. The number of amides is 1. The van der Waals surface area contributed by atoms with Gasteiger partial charge in [0.05, 0.1) is 11.0 Å². The first kappa shape index (κ1) is 18.1. The number of rotatable bonds is 6. The van der Waals surface area contributed by atoms with Crippen LogP contribution in [0.4, 0.5) is 13.2 Å². The Morgan fingerprint density at radius 1 is 1.42 bits per heavy atom. The van der Waals surface area contributed by atoms with Crippen molar-refractivity contribution in [1.82, 2.24) is 14.9 Å². The number of aromatic nitrogens is 2. The normalized spacial score (nSPS) is 13.2. The molecule has 1 aromatic heterocycles. The molecule has 0 saturated heterocycles. The summed E-state index contributed by atoms with van der Waals surface area (Å²) >= 11 is 0. The smallest absolute Gasteiger partial charge is 0.396 e. The summed E-state index contributed by atoms with van der Waals surface area (Å²) in [5.74, 6) is -0.304. The van der Waals surface area contributed by atoms with Crippen molar-refractivity contribution >= 4 is 16.9 Å². The SMILES string of the molecule is CC(CCO)CNC(=O)c1ccc2c(c1)[nH]c(=O)n2CC(F)(F)F. The molecule has 1 atom stereocenters. The Hall–Kier alpha value is -2.29. The van der Waals surface area contributed by atoms with Gasteiger partial charge in [0, 0.05) is 18.7 Å². The van der Waals surface area contributed by atoms with Crippen LogP contribution in [0.2, 0.25) is 0 Å². The zero-order chi connectivity index (χ0) is 17.9. The van der Waals surface area contributed by atoms with E-state index in [0.717, 1.165) is 0 Å². The fraction of sp³-hybridized carbons (Fsp3) is 0.467. The summed E-state index contributed by atoms with van der Waals surface area (Å²) < 4.78 is 38.1. The summed E-state index contributed by atoms with van der Waals surface area (Å²) in [5.41, 5.74) is -0.390. The van der Waals surface area contributed by atoms with Gasteiger partial charge in [-0.05, 0) is 30.5 Å². The molecule has 0 fully saturated rings. The molecule has 9 heteroatoms. The van der Waals surface area contributed by atoms with E-state index in [-0.39, 0.29) is 29.1 Å². The van der Waals surface area contributed by atoms with Crippen LogP contribution in [0, 0.1) is 5.92 Å². The lowest BCUT2D eigenvalue weighted by Crippen LogP contribution is -2.28. The third kappa shape index (κ3) is 4.38. The molecule has 1 unspecified atom stereocenters. The molecular formula is C15H18F3N3O3. The van der Waals surface area contributed by atoms with Gasteiger partial charge in [-0.2, -0.15) is 13.2 Å². The first-order valence-electron chi connectivity index (χ1n) is 7.39. The van der Waals surface area contributed by atoms with E-state index >= 15 is 0 Å². The highest BCUT2D eigenvalue weighted by atomic mass is 19.4. The van der Waals surface area contributed by atoms with E-state index in [9.17, 15) is 22.8 Å². The molecule has 0 aliphatic carbocycles. The van der Waals surface area contributed by atoms with Crippen LogP contribution in [0.5, 0.6) is 0 Å². The highest BCUT2D eigenvalue weighted by Gasteiger charge is 2.29. The number of aliphatic hydroxyl groups is 1. The quantitative estimate of drug-likeness (QED) is 0.744. The maximum absolute atomic E-state index is 12.5. The summed E-state index contributed by atoms with van der Waals surface area (Å²) in [6, 6.07) is 4.02. The van der Waals surface area contributed by atoms with E-state index < -0.39 is 24.3 Å². The topological polar surface area (TPSA) is 87.1 Å². The average molecular weight is 345 g/mol. The number of hydrogen-bond acceptors (Lipinski definition) is 3. The van der Waals surface area contributed by atoms with Crippen LogP contribution >= 0.6 is 0 Å². The number of carbonyl (C=O) groups is 1. The van der Waals surface area contributed by atoms with Crippen LogP contribution in [-0.2, 0) is 6.54 Å². The Balaban J connectivity index is 2.20. The van der Waals surface area contributed by atoms with Gasteiger partial charge in [-0.1, -0.05) is 6.92 Å². The van der Waals surface area contributed by atoms with Crippen LogP contribution in [0.15, 0.2) is 23.0 Å². The van der Waals surface area contributed by atoms with E-state index in [0.29, 0.717) is 17.5 Å². The van der Waals surface area contributed by atoms with Crippen LogP contribution in [0.3, 0.4) is 0 Å². The third-order valence-electron chi connectivity index (χ3n) is 3.61. The Morgan fingerprint density at radius 2 is 2.12 bits per heavy atom. The lowest BCUT2D eigenvalue weighted by Gasteiger charge is -2.11. The molecule has 0 bridgehead atoms. The molecule has 0 aliphatic rings. The minimum atomic E-state index is -4.52. The highest BCUT2D eigenvalue weighted by molar-refractivity contribution is 5.97. The van der Waals surface area contributed by atoms with Gasteiger partial charge in [0.2, 0.25) is 0 Å². The van der Waals surface area contributed by atoms with Gasteiger partial charge in [-0.3, -0.25) is 9.36 Å². The molecule has 0 spiro atoms. The largest absolute Gasteiger partial charge is 0.406 e. The van der Waals surface area contributed by atoms with Gasteiger partial charge in [0.1, 0.15) is 6.54 Å². The number of hydrogen-bond donors (Lipinski definition) is 3. The molecule has 1 amide bonds. The number of benzene rings is 1. The van der Waals surface area contributed by atoms with E-state index in [2.05, 4.69) is 10.3 Å². The minimum Gasteiger partial charge on any atom is -0.396 e. The number of alkyl halides is 3. The molecule has 0 radical (unpaired) electrons. The van der Waals surface area contributed by atoms with Crippen LogP contribution in [0.1, 0.15) is 23.7 Å². The van der Waals surface area contributed by atoms with Crippen molar-refractivity contribution in [2.75, 3.05) is 13.2 Å². The van der Waals surface area contributed by atoms with Crippen molar-refractivity contribution in [3.63, 3.8) is 0 Å².